The first-order valence-electron chi connectivity index (χ1n) is 9.52. The Hall–Kier alpha value is -2.25. The summed E-state index contributed by atoms with van der Waals surface area (Å²) in [5.41, 5.74) is -0.440. The fraction of sp³-hybridized carbons (Fsp3) is 0.381. The highest BCUT2D eigenvalue weighted by atomic mass is 35.5. The summed E-state index contributed by atoms with van der Waals surface area (Å²) in [6, 6.07) is 2.86. The van der Waals surface area contributed by atoms with Gasteiger partial charge >= 0.3 is 0 Å². The predicted molar refractivity (Wildman–Crippen MR) is 110 cm³/mol. The Kier molecular flexibility index (Phi) is 4.78. The van der Waals surface area contributed by atoms with E-state index in [1.807, 2.05) is 6.08 Å². The van der Waals surface area contributed by atoms with Gasteiger partial charge in [0.1, 0.15) is 5.75 Å². The number of likely N-dealkylation sites (tertiary alicyclic amines) is 1. The number of carbonyl (C=O) groups is 1. The summed E-state index contributed by atoms with van der Waals surface area (Å²) in [6.45, 7) is 3.82. The van der Waals surface area contributed by atoms with Crippen LogP contribution in [0.25, 0.3) is 5.70 Å². The molecule has 1 saturated heterocycles. The number of hydrogen-bond donors (Lipinski definition) is 1. The van der Waals surface area contributed by atoms with Gasteiger partial charge in [-0.05, 0) is 45.3 Å². The third-order valence-electron chi connectivity index (χ3n) is 5.35. The van der Waals surface area contributed by atoms with Crippen LogP contribution < -0.4 is 4.74 Å². The van der Waals surface area contributed by atoms with E-state index in [9.17, 15) is 18.3 Å². The average molecular weight is 436 g/mol. The highest BCUT2D eigenvalue weighted by Crippen LogP contribution is 2.46. The molecule has 0 radical (unpaired) electrons. The maximum absolute atomic E-state index is 13.2. The van der Waals surface area contributed by atoms with Gasteiger partial charge in [0.25, 0.3) is 0 Å². The fourth-order valence-corrected chi connectivity index (χ4v) is 5.73. The number of carbonyl (C=O) groups excluding carboxylic acids is 1. The largest absolute Gasteiger partial charge is 0.506 e. The van der Waals surface area contributed by atoms with Crippen LogP contribution in [0.15, 0.2) is 45.9 Å². The molecular weight excluding hydrogens is 414 g/mol. The van der Waals surface area contributed by atoms with Crippen molar-refractivity contribution >= 4 is 33.0 Å². The van der Waals surface area contributed by atoms with E-state index in [4.69, 9.17) is 16.3 Å². The maximum Gasteiger partial charge on any atom is 0.227 e. The molecule has 0 atom stereocenters. The SMILES string of the molecule is CC1(C)Oc2cc(Cl)c(S(=O)(=O)C3=CCCC=C3)cc2C(N2CCCC2=O)=C1O. The molecule has 1 aliphatic carbocycles. The molecule has 0 spiro atoms. The van der Waals surface area contributed by atoms with Crippen molar-refractivity contribution in [2.75, 3.05) is 6.54 Å². The molecule has 29 heavy (non-hydrogen) atoms. The number of allylic oxidation sites excluding steroid dienone is 3. The lowest BCUT2D eigenvalue weighted by molar-refractivity contribution is -0.125. The summed E-state index contributed by atoms with van der Waals surface area (Å²) >= 11 is 6.36. The Morgan fingerprint density at radius 2 is 2.00 bits per heavy atom. The Morgan fingerprint density at radius 1 is 1.24 bits per heavy atom. The summed E-state index contributed by atoms with van der Waals surface area (Å²) < 4.78 is 32.3. The van der Waals surface area contributed by atoms with Crippen LogP contribution in [-0.4, -0.2) is 36.5 Å². The first kappa shape index (κ1) is 20.0. The molecular formula is C21H22ClNO5S. The topological polar surface area (TPSA) is 83.9 Å². The van der Waals surface area contributed by atoms with E-state index in [0.29, 0.717) is 42.8 Å². The van der Waals surface area contributed by atoms with Crippen molar-refractivity contribution in [3.05, 3.63) is 51.6 Å². The molecule has 6 nitrogen and oxygen atoms in total. The zero-order valence-electron chi connectivity index (χ0n) is 16.2. The molecule has 0 bridgehead atoms. The van der Waals surface area contributed by atoms with Crippen LogP contribution >= 0.6 is 11.6 Å². The van der Waals surface area contributed by atoms with Crippen molar-refractivity contribution < 1.29 is 23.1 Å². The lowest BCUT2D eigenvalue weighted by Crippen LogP contribution is -2.39. The van der Waals surface area contributed by atoms with E-state index >= 15 is 0 Å². The highest BCUT2D eigenvalue weighted by molar-refractivity contribution is 7.95. The smallest absolute Gasteiger partial charge is 0.227 e. The molecule has 1 fully saturated rings. The van der Waals surface area contributed by atoms with Gasteiger partial charge in [0, 0.05) is 24.6 Å². The summed E-state index contributed by atoms with van der Waals surface area (Å²) in [5, 5.41) is 10.9. The minimum Gasteiger partial charge on any atom is -0.506 e. The van der Waals surface area contributed by atoms with Crippen LogP contribution in [0.3, 0.4) is 0 Å². The van der Waals surface area contributed by atoms with Gasteiger partial charge in [0.05, 0.1) is 20.5 Å². The normalized spacial score (nSPS) is 21.1. The van der Waals surface area contributed by atoms with Gasteiger partial charge in [-0.15, -0.1) is 0 Å². The van der Waals surface area contributed by atoms with E-state index in [0.717, 1.165) is 6.42 Å². The number of aliphatic hydroxyl groups excluding tert-OH is 1. The number of amides is 1. The molecule has 1 aromatic rings. The third-order valence-corrected chi connectivity index (χ3v) is 7.62. The Bertz CT molecular complexity index is 1100. The molecule has 4 rings (SSSR count). The van der Waals surface area contributed by atoms with Crippen molar-refractivity contribution in [2.24, 2.45) is 0 Å². The summed E-state index contributed by atoms with van der Waals surface area (Å²) in [4.78, 5) is 14.0. The van der Waals surface area contributed by atoms with Gasteiger partial charge in [-0.3, -0.25) is 4.79 Å². The van der Waals surface area contributed by atoms with Crippen molar-refractivity contribution in [1.29, 1.82) is 0 Å². The van der Waals surface area contributed by atoms with E-state index < -0.39 is 15.4 Å². The number of aliphatic hydroxyl groups is 1. The number of fused-ring (bicyclic) bond motifs is 1. The fourth-order valence-electron chi connectivity index (χ4n) is 3.82. The minimum absolute atomic E-state index is 0.0351. The Morgan fingerprint density at radius 3 is 2.62 bits per heavy atom. The Labute approximate surface area is 175 Å². The van der Waals surface area contributed by atoms with Crippen LogP contribution in [-0.2, 0) is 14.6 Å². The van der Waals surface area contributed by atoms with Crippen LogP contribution in [0.1, 0.15) is 45.1 Å². The van der Waals surface area contributed by atoms with Gasteiger partial charge in [-0.2, -0.15) is 0 Å². The lowest BCUT2D eigenvalue weighted by Gasteiger charge is -2.36. The third kappa shape index (κ3) is 3.26. The van der Waals surface area contributed by atoms with Crippen LogP contribution in [0, 0.1) is 0 Å². The second kappa shape index (κ2) is 6.92. The van der Waals surface area contributed by atoms with Gasteiger partial charge in [0.2, 0.25) is 15.7 Å². The highest BCUT2D eigenvalue weighted by Gasteiger charge is 2.41. The zero-order chi connectivity index (χ0) is 21.0. The lowest BCUT2D eigenvalue weighted by atomic mass is 9.96. The van der Waals surface area contributed by atoms with Crippen molar-refractivity contribution in [3.63, 3.8) is 0 Å². The number of nitrogens with zero attached hydrogens (tertiary/aromatic N) is 1. The molecule has 1 N–H and O–H groups in total. The molecule has 2 heterocycles. The van der Waals surface area contributed by atoms with Crippen LogP contribution in [0.5, 0.6) is 5.75 Å². The van der Waals surface area contributed by atoms with Gasteiger partial charge in [0.15, 0.2) is 11.4 Å². The van der Waals surface area contributed by atoms with E-state index in [2.05, 4.69) is 0 Å². The molecule has 0 aromatic heterocycles. The van der Waals surface area contributed by atoms with Crippen LogP contribution in [0.2, 0.25) is 5.02 Å². The maximum atomic E-state index is 13.2. The summed E-state index contributed by atoms with van der Waals surface area (Å²) in [5.74, 6) is 0.106. The molecule has 0 unspecified atom stereocenters. The van der Waals surface area contributed by atoms with E-state index in [-0.39, 0.29) is 26.5 Å². The quantitative estimate of drug-likeness (QED) is 0.762. The molecule has 154 valence electrons. The first-order chi connectivity index (χ1) is 13.6. The van der Waals surface area contributed by atoms with Gasteiger partial charge in [-0.25, -0.2) is 8.42 Å². The van der Waals surface area contributed by atoms with Crippen molar-refractivity contribution in [2.45, 2.75) is 50.0 Å². The zero-order valence-corrected chi connectivity index (χ0v) is 17.8. The minimum atomic E-state index is -3.85. The average Bonchev–Trinajstić information content (AvgIpc) is 3.08. The summed E-state index contributed by atoms with van der Waals surface area (Å²) in [6.07, 6.45) is 7.53. The molecule has 1 aromatic carbocycles. The monoisotopic (exact) mass is 435 g/mol. The number of hydrogen-bond acceptors (Lipinski definition) is 5. The first-order valence-corrected chi connectivity index (χ1v) is 11.4. The van der Waals surface area contributed by atoms with E-state index in [1.54, 1.807) is 26.0 Å². The second-order valence-electron chi connectivity index (χ2n) is 7.83. The number of rotatable bonds is 3. The van der Waals surface area contributed by atoms with E-state index in [1.165, 1.54) is 17.0 Å². The standard InChI is InChI=1S/C21H22ClNO5S/c1-21(2)20(25)19(23-10-6-9-18(23)24)14-11-17(15(22)12-16(14)28-21)29(26,27)13-7-4-3-5-8-13/h4,7-8,11-12,25H,3,5-6,9-10H2,1-2H3. The van der Waals surface area contributed by atoms with Crippen molar-refractivity contribution in [3.8, 4) is 5.75 Å². The van der Waals surface area contributed by atoms with Gasteiger partial charge < -0.3 is 14.7 Å². The number of sulfone groups is 1. The number of halogens is 1. The van der Waals surface area contributed by atoms with Gasteiger partial charge in [-0.1, -0.05) is 23.8 Å². The molecule has 3 aliphatic rings. The Balaban J connectivity index is 1.92. The van der Waals surface area contributed by atoms with Crippen molar-refractivity contribution in [1.82, 2.24) is 4.90 Å². The molecule has 1 amide bonds. The predicted octanol–water partition coefficient (Wildman–Crippen LogP) is 4.37. The molecule has 0 saturated carbocycles. The molecule has 8 heteroatoms. The molecule has 2 aliphatic heterocycles. The van der Waals surface area contributed by atoms with Crippen LogP contribution in [0.4, 0.5) is 0 Å². The number of benzene rings is 1. The second-order valence-corrected chi connectivity index (χ2v) is 10.2. The summed E-state index contributed by atoms with van der Waals surface area (Å²) in [7, 11) is -3.85. The number of ether oxygens (including phenoxy) is 1.